The fourth-order valence-electron chi connectivity index (χ4n) is 1.80. The van der Waals surface area contributed by atoms with Gasteiger partial charge in [0, 0.05) is 22.9 Å². The van der Waals surface area contributed by atoms with Crippen LogP contribution in [0, 0.1) is 9.49 Å². The molecule has 80 valence electrons. The SMILES string of the molecule is CC1CCN(C(=O)c2cc(I)ccn2)C1. The Balaban J connectivity index is 2.14. The van der Waals surface area contributed by atoms with E-state index in [1.165, 1.54) is 0 Å². The maximum absolute atomic E-state index is 12.0. The molecule has 0 aliphatic carbocycles. The van der Waals surface area contributed by atoms with Crippen molar-refractivity contribution in [1.82, 2.24) is 9.88 Å². The Kier molecular flexibility index (Phi) is 3.23. The zero-order valence-corrected chi connectivity index (χ0v) is 10.8. The van der Waals surface area contributed by atoms with E-state index in [4.69, 9.17) is 0 Å². The third-order valence-electron chi connectivity index (χ3n) is 2.65. The quantitative estimate of drug-likeness (QED) is 0.744. The van der Waals surface area contributed by atoms with E-state index in [1.807, 2.05) is 17.0 Å². The molecule has 1 unspecified atom stereocenters. The lowest BCUT2D eigenvalue weighted by molar-refractivity contribution is 0.0782. The van der Waals surface area contributed by atoms with Crippen LogP contribution in [-0.4, -0.2) is 28.9 Å². The van der Waals surface area contributed by atoms with Crippen molar-refractivity contribution in [2.24, 2.45) is 5.92 Å². The second-order valence-electron chi connectivity index (χ2n) is 4.00. The number of carbonyl (C=O) groups is 1. The minimum absolute atomic E-state index is 0.0675. The van der Waals surface area contributed by atoms with Crippen molar-refractivity contribution in [3.8, 4) is 0 Å². The average molecular weight is 316 g/mol. The lowest BCUT2D eigenvalue weighted by Crippen LogP contribution is -2.29. The molecule has 1 saturated heterocycles. The van der Waals surface area contributed by atoms with E-state index >= 15 is 0 Å². The number of amides is 1. The van der Waals surface area contributed by atoms with Crippen LogP contribution in [0.25, 0.3) is 0 Å². The van der Waals surface area contributed by atoms with Crippen LogP contribution in [0.4, 0.5) is 0 Å². The molecule has 0 N–H and O–H groups in total. The third-order valence-corrected chi connectivity index (χ3v) is 3.32. The Morgan fingerprint density at radius 1 is 1.67 bits per heavy atom. The Morgan fingerprint density at radius 3 is 3.07 bits per heavy atom. The Hall–Kier alpha value is -0.650. The normalized spacial score (nSPS) is 20.7. The van der Waals surface area contributed by atoms with Gasteiger partial charge in [0.05, 0.1) is 0 Å². The van der Waals surface area contributed by atoms with Crippen molar-refractivity contribution < 1.29 is 4.79 Å². The highest BCUT2D eigenvalue weighted by Crippen LogP contribution is 2.17. The molecule has 0 spiro atoms. The molecule has 1 atom stereocenters. The van der Waals surface area contributed by atoms with E-state index in [2.05, 4.69) is 34.5 Å². The van der Waals surface area contributed by atoms with Crippen molar-refractivity contribution in [3.05, 3.63) is 27.6 Å². The first-order valence-corrected chi connectivity index (χ1v) is 6.15. The first-order valence-electron chi connectivity index (χ1n) is 5.07. The van der Waals surface area contributed by atoms with Crippen molar-refractivity contribution in [2.45, 2.75) is 13.3 Å². The predicted molar refractivity (Wildman–Crippen MR) is 66.6 cm³/mol. The molecule has 15 heavy (non-hydrogen) atoms. The topological polar surface area (TPSA) is 33.2 Å². The zero-order chi connectivity index (χ0) is 10.8. The summed E-state index contributed by atoms with van der Waals surface area (Å²) in [6, 6.07) is 3.73. The minimum atomic E-state index is 0.0675. The molecule has 1 aromatic rings. The van der Waals surface area contributed by atoms with Gasteiger partial charge in [-0.25, -0.2) is 0 Å². The lowest BCUT2D eigenvalue weighted by atomic mass is 10.2. The van der Waals surface area contributed by atoms with E-state index in [9.17, 15) is 4.79 Å². The number of carbonyl (C=O) groups excluding carboxylic acids is 1. The molecule has 1 aromatic heterocycles. The van der Waals surface area contributed by atoms with E-state index in [1.54, 1.807) is 6.20 Å². The third kappa shape index (κ3) is 2.48. The van der Waals surface area contributed by atoms with Crippen LogP contribution in [0.5, 0.6) is 0 Å². The maximum atomic E-state index is 12.0. The van der Waals surface area contributed by atoms with Gasteiger partial charge < -0.3 is 4.90 Å². The number of hydrogen-bond donors (Lipinski definition) is 0. The predicted octanol–water partition coefficient (Wildman–Crippen LogP) is 2.17. The van der Waals surface area contributed by atoms with E-state index < -0.39 is 0 Å². The van der Waals surface area contributed by atoms with Crippen LogP contribution in [0.2, 0.25) is 0 Å². The molecule has 1 fully saturated rings. The summed E-state index contributed by atoms with van der Waals surface area (Å²) >= 11 is 2.20. The van der Waals surface area contributed by atoms with Gasteiger partial charge in [0.15, 0.2) is 0 Å². The lowest BCUT2D eigenvalue weighted by Gasteiger charge is -2.15. The average Bonchev–Trinajstić information content (AvgIpc) is 2.64. The Labute approximate surface area is 103 Å². The molecule has 0 aromatic carbocycles. The summed E-state index contributed by atoms with van der Waals surface area (Å²) in [5.74, 6) is 0.689. The summed E-state index contributed by atoms with van der Waals surface area (Å²) in [5.41, 5.74) is 0.566. The highest BCUT2D eigenvalue weighted by molar-refractivity contribution is 14.1. The molecule has 2 heterocycles. The molecule has 1 aliphatic rings. The molecule has 1 aliphatic heterocycles. The Morgan fingerprint density at radius 2 is 2.47 bits per heavy atom. The van der Waals surface area contributed by atoms with Crippen molar-refractivity contribution >= 4 is 28.5 Å². The Bertz CT molecular complexity index is 381. The van der Waals surface area contributed by atoms with Crippen LogP contribution in [0.15, 0.2) is 18.3 Å². The smallest absolute Gasteiger partial charge is 0.272 e. The first kappa shape index (κ1) is 10.9. The zero-order valence-electron chi connectivity index (χ0n) is 8.61. The van der Waals surface area contributed by atoms with Gasteiger partial charge in [0.25, 0.3) is 5.91 Å². The molecule has 0 bridgehead atoms. The molecule has 2 rings (SSSR count). The summed E-state index contributed by atoms with van der Waals surface area (Å²) in [6.07, 6.45) is 2.80. The molecular formula is C11H13IN2O. The van der Waals surface area contributed by atoms with Crippen molar-refractivity contribution in [2.75, 3.05) is 13.1 Å². The van der Waals surface area contributed by atoms with Gasteiger partial charge in [-0.2, -0.15) is 0 Å². The summed E-state index contributed by atoms with van der Waals surface area (Å²) in [4.78, 5) is 18.0. The number of rotatable bonds is 1. The molecule has 0 saturated carbocycles. The molecule has 4 heteroatoms. The second kappa shape index (κ2) is 4.47. The van der Waals surface area contributed by atoms with Gasteiger partial charge in [-0.05, 0) is 47.1 Å². The van der Waals surface area contributed by atoms with Gasteiger partial charge >= 0.3 is 0 Å². The van der Waals surface area contributed by atoms with Crippen molar-refractivity contribution in [3.63, 3.8) is 0 Å². The number of likely N-dealkylation sites (tertiary alicyclic amines) is 1. The summed E-state index contributed by atoms with van der Waals surface area (Å²) in [7, 11) is 0. The van der Waals surface area contributed by atoms with Gasteiger partial charge in [0.1, 0.15) is 5.69 Å². The summed E-state index contributed by atoms with van der Waals surface area (Å²) in [6.45, 7) is 3.91. The van der Waals surface area contributed by atoms with Gasteiger partial charge in [-0.3, -0.25) is 9.78 Å². The van der Waals surface area contributed by atoms with E-state index in [-0.39, 0.29) is 5.91 Å². The number of pyridine rings is 1. The largest absolute Gasteiger partial charge is 0.337 e. The standard InChI is InChI=1S/C11H13IN2O/c1-8-3-5-14(7-8)11(15)10-6-9(12)2-4-13-10/h2,4,6,8H,3,5,7H2,1H3. The molecule has 0 radical (unpaired) electrons. The molecule has 3 nitrogen and oxygen atoms in total. The van der Waals surface area contributed by atoms with Gasteiger partial charge in [-0.1, -0.05) is 6.92 Å². The fraction of sp³-hybridized carbons (Fsp3) is 0.455. The second-order valence-corrected chi connectivity index (χ2v) is 5.25. The van der Waals surface area contributed by atoms with Gasteiger partial charge in [-0.15, -0.1) is 0 Å². The monoisotopic (exact) mass is 316 g/mol. The minimum Gasteiger partial charge on any atom is -0.337 e. The van der Waals surface area contributed by atoms with Crippen LogP contribution in [0.1, 0.15) is 23.8 Å². The van der Waals surface area contributed by atoms with Crippen LogP contribution >= 0.6 is 22.6 Å². The summed E-state index contributed by atoms with van der Waals surface area (Å²) in [5, 5.41) is 0. The van der Waals surface area contributed by atoms with Crippen molar-refractivity contribution in [1.29, 1.82) is 0 Å². The van der Waals surface area contributed by atoms with E-state index in [0.29, 0.717) is 11.6 Å². The van der Waals surface area contributed by atoms with Crippen LogP contribution in [0.3, 0.4) is 0 Å². The van der Waals surface area contributed by atoms with Crippen LogP contribution in [-0.2, 0) is 0 Å². The first-order chi connectivity index (χ1) is 7.16. The highest BCUT2D eigenvalue weighted by atomic mass is 127. The molecule has 1 amide bonds. The summed E-state index contributed by atoms with van der Waals surface area (Å²) < 4.78 is 1.05. The highest BCUT2D eigenvalue weighted by Gasteiger charge is 2.24. The number of hydrogen-bond acceptors (Lipinski definition) is 2. The van der Waals surface area contributed by atoms with Gasteiger partial charge in [0.2, 0.25) is 0 Å². The fourth-order valence-corrected chi connectivity index (χ4v) is 2.26. The number of halogens is 1. The van der Waals surface area contributed by atoms with Crippen LogP contribution < -0.4 is 0 Å². The maximum Gasteiger partial charge on any atom is 0.272 e. The number of nitrogens with zero attached hydrogens (tertiary/aromatic N) is 2. The molecular weight excluding hydrogens is 303 g/mol. The number of aromatic nitrogens is 1. The van der Waals surface area contributed by atoms with E-state index in [0.717, 1.165) is 23.1 Å².